The van der Waals surface area contributed by atoms with Crippen molar-refractivity contribution in [2.24, 2.45) is 5.92 Å². The van der Waals surface area contributed by atoms with Crippen LogP contribution in [0.4, 0.5) is 0 Å². The van der Waals surface area contributed by atoms with Gasteiger partial charge in [-0.25, -0.2) is 0 Å². The molecule has 20 heavy (non-hydrogen) atoms. The van der Waals surface area contributed by atoms with Crippen LogP contribution in [0.1, 0.15) is 50.2 Å². The van der Waals surface area contributed by atoms with Crippen LogP contribution < -0.4 is 0 Å². The molecule has 1 saturated carbocycles. The lowest BCUT2D eigenvalue weighted by molar-refractivity contribution is 0.307. The molecule has 1 aromatic heterocycles. The van der Waals surface area contributed by atoms with Crippen molar-refractivity contribution in [1.82, 2.24) is 5.16 Å². The van der Waals surface area contributed by atoms with Crippen molar-refractivity contribution in [2.75, 3.05) is 0 Å². The zero-order valence-corrected chi connectivity index (χ0v) is 11.4. The number of nitriles is 1. The number of nitrogens with zero attached hydrogens (tertiary/aromatic N) is 2. The van der Waals surface area contributed by atoms with Gasteiger partial charge in [-0.3, -0.25) is 0 Å². The molecule has 0 aliphatic heterocycles. The van der Waals surface area contributed by atoms with Gasteiger partial charge in [-0.15, -0.1) is 0 Å². The van der Waals surface area contributed by atoms with Gasteiger partial charge in [0.15, 0.2) is 5.76 Å². The van der Waals surface area contributed by atoms with E-state index in [1.54, 1.807) is 18.2 Å². The summed E-state index contributed by atoms with van der Waals surface area (Å²) >= 11 is 0. The molecule has 1 unspecified atom stereocenters. The highest BCUT2D eigenvalue weighted by Gasteiger charge is 2.24. The van der Waals surface area contributed by atoms with Crippen LogP contribution >= 0.6 is 0 Å². The standard InChI is InChI=1S/C16H18N2O2/c17-10-12(8-11-4-2-1-3-5-11)16-14-7-6-13(19)9-15(14)18-20-16/h6-7,9,11-12,19H,1-5,8H2. The van der Waals surface area contributed by atoms with Crippen LogP contribution in [0.5, 0.6) is 5.75 Å². The summed E-state index contributed by atoms with van der Waals surface area (Å²) in [5, 5.41) is 23.7. The van der Waals surface area contributed by atoms with Crippen molar-refractivity contribution in [1.29, 1.82) is 5.26 Å². The zero-order valence-electron chi connectivity index (χ0n) is 11.4. The molecular weight excluding hydrogens is 252 g/mol. The molecule has 0 spiro atoms. The molecule has 4 heteroatoms. The average molecular weight is 270 g/mol. The highest BCUT2D eigenvalue weighted by atomic mass is 16.5. The first-order chi connectivity index (χ1) is 9.78. The molecule has 0 amide bonds. The molecule has 1 aromatic carbocycles. The summed E-state index contributed by atoms with van der Waals surface area (Å²) in [6, 6.07) is 7.32. The molecule has 1 fully saturated rings. The molecule has 0 radical (unpaired) electrons. The van der Waals surface area contributed by atoms with Crippen LogP contribution in [0.25, 0.3) is 10.9 Å². The molecular formula is C16H18N2O2. The fourth-order valence-corrected chi connectivity index (χ4v) is 3.18. The first-order valence-corrected chi connectivity index (χ1v) is 7.26. The van der Waals surface area contributed by atoms with Crippen molar-refractivity contribution < 1.29 is 9.63 Å². The number of aromatic hydroxyl groups is 1. The number of benzene rings is 1. The fourth-order valence-electron chi connectivity index (χ4n) is 3.18. The maximum absolute atomic E-state index is 9.46. The zero-order chi connectivity index (χ0) is 13.9. The molecule has 3 rings (SSSR count). The third kappa shape index (κ3) is 2.49. The van der Waals surface area contributed by atoms with E-state index in [1.807, 2.05) is 0 Å². The normalized spacial score (nSPS) is 17.9. The van der Waals surface area contributed by atoms with Gasteiger partial charge in [0, 0.05) is 11.5 Å². The largest absolute Gasteiger partial charge is 0.508 e. The molecule has 4 nitrogen and oxygen atoms in total. The minimum Gasteiger partial charge on any atom is -0.508 e. The van der Waals surface area contributed by atoms with E-state index >= 15 is 0 Å². The Bertz CT molecular complexity index is 635. The van der Waals surface area contributed by atoms with E-state index < -0.39 is 0 Å². The van der Waals surface area contributed by atoms with Crippen molar-refractivity contribution in [3.63, 3.8) is 0 Å². The number of phenols is 1. The summed E-state index contributed by atoms with van der Waals surface area (Å²) in [4.78, 5) is 0. The molecule has 104 valence electrons. The summed E-state index contributed by atoms with van der Waals surface area (Å²) in [6.45, 7) is 0. The minimum absolute atomic E-state index is 0.165. The predicted molar refractivity (Wildman–Crippen MR) is 75.2 cm³/mol. The lowest BCUT2D eigenvalue weighted by atomic mass is 9.82. The first kappa shape index (κ1) is 13.0. The van der Waals surface area contributed by atoms with Crippen molar-refractivity contribution in [3.05, 3.63) is 24.0 Å². The first-order valence-electron chi connectivity index (χ1n) is 7.26. The molecule has 0 saturated heterocycles. The highest BCUT2D eigenvalue weighted by Crippen LogP contribution is 2.35. The Morgan fingerprint density at radius 1 is 1.35 bits per heavy atom. The summed E-state index contributed by atoms with van der Waals surface area (Å²) < 4.78 is 5.38. The van der Waals surface area contributed by atoms with Crippen molar-refractivity contribution in [2.45, 2.75) is 44.4 Å². The van der Waals surface area contributed by atoms with Crippen molar-refractivity contribution >= 4 is 10.9 Å². The van der Waals surface area contributed by atoms with Gasteiger partial charge in [0.05, 0.1) is 6.07 Å². The second-order valence-electron chi connectivity index (χ2n) is 5.67. The van der Waals surface area contributed by atoms with Gasteiger partial charge in [0.2, 0.25) is 0 Å². The molecule has 1 atom stereocenters. The topological polar surface area (TPSA) is 70.0 Å². The summed E-state index contributed by atoms with van der Waals surface area (Å²) in [5.41, 5.74) is 0.615. The molecule has 1 aliphatic rings. The maximum atomic E-state index is 9.46. The van der Waals surface area contributed by atoms with Crippen LogP contribution in [-0.4, -0.2) is 10.3 Å². The van der Waals surface area contributed by atoms with Crippen LogP contribution in [0.15, 0.2) is 22.7 Å². The van der Waals surface area contributed by atoms with E-state index in [2.05, 4.69) is 11.2 Å². The molecule has 1 N–H and O–H groups in total. The van der Waals surface area contributed by atoms with Gasteiger partial charge in [-0.2, -0.15) is 5.26 Å². The third-order valence-electron chi connectivity index (χ3n) is 4.26. The smallest absolute Gasteiger partial charge is 0.161 e. The maximum Gasteiger partial charge on any atom is 0.161 e. The summed E-state index contributed by atoms with van der Waals surface area (Å²) in [7, 11) is 0. The van der Waals surface area contributed by atoms with Crippen LogP contribution in [0, 0.1) is 17.2 Å². The van der Waals surface area contributed by atoms with E-state index in [4.69, 9.17) is 4.52 Å². The Morgan fingerprint density at radius 3 is 2.90 bits per heavy atom. The summed E-state index contributed by atoms with van der Waals surface area (Å²) in [5.74, 6) is 1.18. The number of aromatic nitrogens is 1. The minimum atomic E-state index is -0.243. The van der Waals surface area contributed by atoms with E-state index in [0.717, 1.165) is 11.8 Å². The van der Waals surface area contributed by atoms with Crippen LogP contribution in [-0.2, 0) is 0 Å². The number of phenolic OH excluding ortho intramolecular Hbond substituents is 1. The monoisotopic (exact) mass is 270 g/mol. The SMILES string of the molecule is N#CC(CC1CCCCC1)c1onc2cc(O)ccc12. The van der Waals surface area contributed by atoms with E-state index in [1.165, 1.54) is 32.1 Å². The average Bonchev–Trinajstić information content (AvgIpc) is 2.88. The van der Waals surface area contributed by atoms with Gasteiger partial charge in [-0.1, -0.05) is 37.3 Å². The molecule has 0 bridgehead atoms. The number of hydrogen-bond donors (Lipinski definition) is 1. The number of rotatable bonds is 3. The Labute approximate surface area is 118 Å². The Kier molecular flexibility index (Phi) is 3.60. The molecule has 1 heterocycles. The number of fused-ring (bicyclic) bond motifs is 1. The van der Waals surface area contributed by atoms with Crippen molar-refractivity contribution in [3.8, 4) is 11.8 Å². The Balaban J connectivity index is 1.85. The van der Waals surface area contributed by atoms with Gasteiger partial charge >= 0.3 is 0 Å². The second kappa shape index (κ2) is 5.54. The van der Waals surface area contributed by atoms with Gasteiger partial charge in [0.1, 0.15) is 17.2 Å². The molecule has 2 aromatic rings. The fraction of sp³-hybridized carbons (Fsp3) is 0.500. The molecule has 1 aliphatic carbocycles. The quantitative estimate of drug-likeness (QED) is 0.911. The second-order valence-corrected chi connectivity index (χ2v) is 5.67. The van der Waals surface area contributed by atoms with Gasteiger partial charge in [-0.05, 0) is 24.5 Å². The lowest BCUT2D eigenvalue weighted by Gasteiger charge is -2.22. The third-order valence-corrected chi connectivity index (χ3v) is 4.26. The van der Waals surface area contributed by atoms with Gasteiger partial charge in [0.25, 0.3) is 0 Å². The van der Waals surface area contributed by atoms with E-state index in [0.29, 0.717) is 17.2 Å². The van der Waals surface area contributed by atoms with Crippen LogP contribution in [0.3, 0.4) is 0 Å². The number of hydrogen-bond acceptors (Lipinski definition) is 4. The highest BCUT2D eigenvalue weighted by molar-refractivity contribution is 5.82. The van der Waals surface area contributed by atoms with E-state index in [-0.39, 0.29) is 11.7 Å². The van der Waals surface area contributed by atoms with Gasteiger partial charge < -0.3 is 9.63 Å². The van der Waals surface area contributed by atoms with Crippen LogP contribution in [0.2, 0.25) is 0 Å². The summed E-state index contributed by atoms with van der Waals surface area (Å²) in [6.07, 6.45) is 7.14. The lowest BCUT2D eigenvalue weighted by Crippen LogP contribution is -2.10. The van der Waals surface area contributed by atoms with E-state index in [9.17, 15) is 10.4 Å². The Morgan fingerprint density at radius 2 is 2.15 bits per heavy atom. The Hall–Kier alpha value is -2.02. The predicted octanol–water partition coefficient (Wildman–Crippen LogP) is 4.11.